The lowest BCUT2D eigenvalue weighted by atomic mass is 10.3. The zero-order valence-electron chi connectivity index (χ0n) is 12.6. The van der Waals surface area contributed by atoms with Crippen LogP contribution in [0.3, 0.4) is 0 Å². The summed E-state index contributed by atoms with van der Waals surface area (Å²) in [6.07, 6.45) is 0. The molecule has 1 aliphatic heterocycles. The van der Waals surface area contributed by atoms with E-state index in [0.717, 1.165) is 20.1 Å². The molecule has 1 aromatic heterocycles. The molecule has 7 heteroatoms. The SMILES string of the molecule is C[C@@H](c1nc2ccccc2s1)[NH+](C)CC(=O)N1CCNC1=O. The molecule has 2 aromatic rings. The van der Waals surface area contributed by atoms with E-state index in [-0.39, 0.29) is 24.5 Å². The van der Waals surface area contributed by atoms with Gasteiger partial charge in [0.1, 0.15) is 6.04 Å². The predicted molar refractivity (Wildman–Crippen MR) is 84.9 cm³/mol. The zero-order chi connectivity index (χ0) is 15.7. The van der Waals surface area contributed by atoms with Crippen molar-refractivity contribution in [3.05, 3.63) is 29.3 Å². The molecular formula is C15H19N4O2S+. The van der Waals surface area contributed by atoms with Crippen LogP contribution >= 0.6 is 11.3 Å². The molecule has 1 fully saturated rings. The van der Waals surface area contributed by atoms with Crippen LogP contribution in [0.5, 0.6) is 0 Å². The summed E-state index contributed by atoms with van der Waals surface area (Å²) in [5.41, 5.74) is 0.993. The normalized spacial score (nSPS) is 17.5. The highest BCUT2D eigenvalue weighted by molar-refractivity contribution is 7.18. The van der Waals surface area contributed by atoms with Crippen LogP contribution in [0.15, 0.2) is 24.3 Å². The van der Waals surface area contributed by atoms with Crippen LogP contribution in [-0.4, -0.2) is 48.5 Å². The molecular weight excluding hydrogens is 300 g/mol. The van der Waals surface area contributed by atoms with Crippen LogP contribution in [0.4, 0.5) is 4.79 Å². The Kier molecular flexibility index (Phi) is 4.08. The maximum atomic E-state index is 12.2. The summed E-state index contributed by atoms with van der Waals surface area (Å²) in [6, 6.07) is 7.84. The predicted octanol–water partition coefficient (Wildman–Crippen LogP) is 0.424. The number of carbonyl (C=O) groups is 2. The standard InChI is InChI=1S/C15H18N4O2S/c1-10(14-17-11-5-3-4-6-12(11)22-14)18(2)9-13(20)19-8-7-16-15(19)21/h3-6,10H,7-9H2,1-2H3,(H,16,21)/p+1/t10-/m0/s1. The Labute approximate surface area is 132 Å². The number of urea groups is 1. The van der Waals surface area contributed by atoms with Crippen molar-refractivity contribution in [1.29, 1.82) is 0 Å². The molecule has 3 rings (SSSR count). The van der Waals surface area contributed by atoms with Crippen molar-refractivity contribution in [2.45, 2.75) is 13.0 Å². The highest BCUT2D eigenvalue weighted by Crippen LogP contribution is 2.24. The van der Waals surface area contributed by atoms with E-state index in [1.165, 1.54) is 4.90 Å². The summed E-state index contributed by atoms with van der Waals surface area (Å²) in [4.78, 5) is 30.7. The molecule has 1 unspecified atom stereocenters. The number of carbonyl (C=O) groups excluding carboxylic acids is 2. The first-order valence-corrected chi connectivity index (χ1v) is 8.14. The van der Waals surface area contributed by atoms with Crippen LogP contribution in [0.1, 0.15) is 18.0 Å². The van der Waals surface area contributed by atoms with Gasteiger partial charge in [0.25, 0.3) is 5.91 Å². The summed E-state index contributed by atoms with van der Waals surface area (Å²) in [5.74, 6) is -0.138. The number of fused-ring (bicyclic) bond motifs is 1. The maximum Gasteiger partial charge on any atom is 0.324 e. The Morgan fingerprint density at radius 2 is 2.27 bits per heavy atom. The first-order valence-electron chi connectivity index (χ1n) is 7.32. The van der Waals surface area contributed by atoms with Crippen molar-refractivity contribution in [3.8, 4) is 0 Å². The molecule has 116 valence electrons. The number of nitrogens with zero attached hydrogens (tertiary/aromatic N) is 2. The number of likely N-dealkylation sites (N-methyl/N-ethyl adjacent to an activating group) is 1. The number of hydrogen-bond acceptors (Lipinski definition) is 4. The second kappa shape index (κ2) is 6.02. The topological polar surface area (TPSA) is 66.7 Å². The van der Waals surface area contributed by atoms with Gasteiger partial charge in [0.15, 0.2) is 11.6 Å². The minimum atomic E-state index is -0.287. The molecule has 0 bridgehead atoms. The number of benzene rings is 1. The molecule has 2 N–H and O–H groups in total. The van der Waals surface area contributed by atoms with Crippen LogP contribution in [0.25, 0.3) is 10.2 Å². The van der Waals surface area contributed by atoms with Crippen LogP contribution in [0, 0.1) is 0 Å². The molecule has 0 radical (unpaired) electrons. The van der Waals surface area contributed by atoms with E-state index in [1.54, 1.807) is 11.3 Å². The molecule has 1 aromatic carbocycles. The number of nitrogens with one attached hydrogen (secondary N) is 2. The van der Waals surface area contributed by atoms with E-state index in [0.29, 0.717) is 13.1 Å². The Balaban J connectivity index is 1.69. The third kappa shape index (κ3) is 2.82. The summed E-state index contributed by atoms with van der Waals surface area (Å²) in [7, 11) is 1.96. The second-order valence-electron chi connectivity index (χ2n) is 5.54. The average molecular weight is 319 g/mol. The van der Waals surface area contributed by atoms with Gasteiger partial charge < -0.3 is 10.2 Å². The molecule has 2 atom stereocenters. The summed E-state index contributed by atoms with van der Waals surface area (Å²) in [5, 5.41) is 3.66. The molecule has 6 nitrogen and oxygen atoms in total. The highest BCUT2D eigenvalue weighted by atomic mass is 32.1. The average Bonchev–Trinajstić information content (AvgIpc) is 3.11. The van der Waals surface area contributed by atoms with Crippen molar-refractivity contribution in [3.63, 3.8) is 0 Å². The van der Waals surface area contributed by atoms with Crippen molar-refractivity contribution in [2.75, 3.05) is 26.7 Å². The number of aromatic nitrogens is 1. The summed E-state index contributed by atoms with van der Waals surface area (Å²) >= 11 is 1.66. The van der Waals surface area contributed by atoms with Gasteiger partial charge in [0.2, 0.25) is 0 Å². The molecule has 1 aliphatic rings. The third-order valence-corrected chi connectivity index (χ3v) is 5.23. The van der Waals surface area contributed by atoms with Gasteiger partial charge >= 0.3 is 6.03 Å². The molecule has 0 spiro atoms. The quantitative estimate of drug-likeness (QED) is 0.858. The number of rotatable bonds is 4. The molecule has 1 saturated heterocycles. The lowest BCUT2D eigenvalue weighted by Gasteiger charge is -2.21. The van der Waals surface area contributed by atoms with Gasteiger partial charge in [-0.15, -0.1) is 11.3 Å². The number of amides is 3. The smallest absolute Gasteiger partial charge is 0.324 e. The summed E-state index contributed by atoms with van der Waals surface area (Å²) < 4.78 is 1.15. The van der Waals surface area contributed by atoms with Gasteiger partial charge in [-0.05, 0) is 19.1 Å². The maximum absolute atomic E-state index is 12.2. The highest BCUT2D eigenvalue weighted by Gasteiger charge is 2.30. The van der Waals surface area contributed by atoms with Crippen LogP contribution in [0.2, 0.25) is 0 Å². The van der Waals surface area contributed by atoms with Crippen molar-refractivity contribution >= 4 is 33.5 Å². The number of thiazole rings is 1. The molecule has 2 heterocycles. The summed E-state index contributed by atoms with van der Waals surface area (Å²) in [6.45, 7) is 3.34. The van der Waals surface area contributed by atoms with E-state index in [4.69, 9.17) is 0 Å². The monoisotopic (exact) mass is 319 g/mol. The zero-order valence-corrected chi connectivity index (χ0v) is 13.4. The third-order valence-electron chi connectivity index (χ3n) is 4.01. The number of quaternary nitrogens is 1. The molecule has 22 heavy (non-hydrogen) atoms. The largest absolute Gasteiger partial charge is 0.336 e. The first-order chi connectivity index (χ1) is 10.6. The second-order valence-corrected chi connectivity index (χ2v) is 6.60. The van der Waals surface area contributed by atoms with Gasteiger partial charge in [-0.25, -0.2) is 9.78 Å². The first kappa shape index (κ1) is 14.9. The molecule has 0 aliphatic carbocycles. The van der Waals surface area contributed by atoms with Gasteiger partial charge in [0, 0.05) is 13.1 Å². The van der Waals surface area contributed by atoms with E-state index >= 15 is 0 Å². The minimum absolute atomic E-state index is 0.104. The van der Waals surface area contributed by atoms with Crippen LogP contribution < -0.4 is 10.2 Å². The Morgan fingerprint density at radius 3 is 2.95 bits per heavy atom. The molecule has 3 amide bonds. The van der Waals surface area contributed by atoms with Crippen molar-refractivity contribution in [1.82, 2.24) is 15.2 Å². The fourth-order valence-corrected chi connectivity index (χ4v) is 3.59. The van der Waals surface area contributed by atoms with E-state index in [1.807, 2.05) is 25.2 Å². The van der Waals surface area contributed by atoms with E-state index in [2.05, 4.69) is 23.3 Å². The van der Waals surface area contributed by atoms with E-state index < -0.39 is 0 Å². The Hall–Kier alpha value is -1.99. The van der Waals surface area contributed by atoms with Crippen LogP contribution in [-0.2, 0) is 4.79 Å². The Bertz CT molecular complexity index is 681. The number of para-hydroxylation sites is 1. The van der Waals surface area contributed by atoms with Gasteiger partial charge in [-0.1, -0.05) is 12.1 Å². The lowest BCUT2D eigenvalue weighted by molar-refractivity contribution is -0.902. The lowest BCUT2D eigenvalue weighted by Crippen LogP contribution is -3.10. The van der Waals surface area contributed by atoms with Crippen molar-refractivity contribution < 1.29 is 14.5 Å². The fourth-order valence-electron chi connectivity index (χ4n) is 2.48. The molecule has 0 saturated carbocycles. The number of imide groups is 1. The minimum Gasteiger partial charge on any atom is -0.336 e. The van der Waals surface area contributed by atoms with Gasteiger partial charge in [-0.3, -0.25) is 9.69 Å². The fraction of sp³-hybridized carbons (Fsp3) is 0.400. The van der Waals surface area contributed by atoms with Crippen molar-refractivity contribution in [2.24, 2.45) is 0 Å². The number of hydrogen-bond donors (Lipinski definition) is 2. The Morgan fingerprint density at radius 1 is 1.50 bits per heavy atom. The van der Waals surface area contributed by atoms with Gasteiger partial charge in [-0.2, -0.15) is 0 Å². The van der Waals surface area contributed by atoms with E-state index in [9.17, 15) is 9.59 Å². The van der Waals surface area contributed by atoms with Gasteiger partial charge in [0.05, 0.1) is 17.3 Å².